The van der Waals surface area contributed by atoms with E-state index in [4.69, 9.17) is 27.9 Å². The molecule has 4 heteroatoms. The molecule has 1 rings (SSSR count). The summed E-state index contributed by atoms with van der Waals surface area (Å²) in [6.07, 6.45) is 0.981. The lowest BCUT2D eigenvalue weighted by molar-refractivity contribution is -0.142. The van der Waals surface area contributed by atoms with E-state index in [-0.39, 0.29) is 12.4 Å². The third kappa shape index (κ3) is 3.73. The van der Waals surface area contributed by atoms with Crippen molar-refractivity contribution in [3.05, 3.63) is 33.8 Å². The average Bonchev–Trinajstić information content (AvgIpc) is 2.22. The van der Waals surface area contributed by atoms with Crippen LogP contribution in [0.1, 0.15) is 18.9 Å². The maximum atomic E-state index is 11.3. The molecule has 0 radical (unpaired) electrons. The Hall–Kier alpha value is -0.730. The molecule has 0 saturated heterocycles. The highest BCUT2D eigenvalue weighted by Gasteiger charge is 2.09. The molecular weight excluding hydrogens is 235 g/mol. The molecule has 0 aliphatic rings. The molecule has 0 amide bonds. The van der Waals surface area contributed by atoms with Crippen molar-refractivity contribution in [1.29, 1.82) is 0 Å². The van der Waals surface area contributed by atoms with Gasteiger partial charge < -0.3 is 4.74 Å². The first kappa shape index (κ1) is 12.3. The fourth-order valence-corrected chi connectivity index (χ4v) is 1.49. The summed E-state index contributed by atoms with van der Waals surface area (Å²) in [6, 6.07) is 5.21. The first-order valence-corrected chi connectivity index (χ1v) is 5.49. The fraction of sp³-hybridized carbons (Fsp3) is 0.364. The van der Waals surface area contributed by atoms with Crippen molar-refractivity contribution >= 4 is 29.2 Å². The summed E-state index contributed by atoms with van der Waals surface area (Å²) in [5, 5.41) is 0.880. The van der Waals surface area contributed by atoms with Gasteiger partial charge in [0.25, 0.3) is 0 Å². The largest absolute Gasteiger partial charge is 0.465 e. The minimum absolute atomic E-state index is 0.166. The second kappa shape index (κ2) is 5.99. The first-order chi connectivity index (χ1) is 7.15. The van der Waals surface area contributed by atoms with Gasteiger partial charge in [0, 0.05) is 0 Å². The van der Waals surface area contributed by atoms with Crippen LogP contribution >= 0.6 is 23.2 Å². The molecular formula is C11H12Cl2O2. The number of halogens is 2. The van der Waals surface area contributed by atoms with Crippen LogP contribution in [-0.2, 0) is 16.0 Å². The van der Waals surface area contributed by atoms with Gasteiger partial charge in [-0.3, -0.25) is 4.79 Å². The van der Waals surface area contributed by atoms with Crippen molar-refractivity contribution in [1.82, 2.24) is 0 Å². The normalized spacial score (nSPS) is 10.1. The zero-order valence-electron chi connectivity index (χ0n) is 8.43. The van der Waals surface area contributed by atoms with E-state index in [1.807, 2.05) is 6.92 Å². The molecule has 15 heavy (non-hydrogen) atoms. The van der Waals surface area contributed by atoms with E-state index in [9.17, 15) is 4.79 Å². The van der Waals surface area contributed by atoms with Crippen LogP contribution in [-0.4, -0.2) is 12.6 Å². The van der Waals surface area contributed by atoms with E-state index in [1.165, 1.54) is 0 Å². The molecule has 0 saturated carbocycles. The third-order valence-electron chi connectivity index (χ3n) is 1.83. The molecule has 0 aliphatic carbocycles. The Bertz CT molecular complexity index is 350. The number of hydrogen-bond acceptors (Lipinski definition) is 2. The molecule has 0 bridgehead atoms. The molecule has 0 fully saturated rings. The second-order valence-electron chi connectivity index (χ2n) is 3.11. The number of ether oxygens (including phenoxy) is 1. The van der Waals surface area contributed by atoms with Gasteiger partial charge in [0.1, 0.15) is 0 Å². The molecule has 1 aromatic carbocycles. The van der Waals surface area contributed by atoms with E-state index >= 15 is 0 Å². The number of carbonyl (C=O) groups is 1. The predicted octanol–water partition coefficient (Wildman–Crippen LogP) is 3.49. The summed E-state index contributed by atoms with van der Waals surface area (Å²) in [5.74, 6) is -0.277. The molecule has 0 heterocycles. The fourth-order valence-electron chi connectivity index (χ4n) is 1.11. The Labute approximate surface area is 99.1 Å². The molecule has 1 aromatic rings. The average molecular weight is 247 g/mol. The van der Waals surface area contributed by atoms with Gasteiger partial charge in [0.15, 0.2) is 0 Å². The minimum atomic E-state index is -0.277. The maximum absolute atomic E-state index is 11.3. The lowest BCUT2D eigenvalue weighted by atomic mass is 10.1. The van der Waals surface area contributed by atoms with E-state index in [0.717, 1.165) is 6.42 Å². The molecule has 0 spiro atoms. The molecule has 0 unspecified atom stereocenters. The van der Waals surface area contributed by atoms with Crippen LogP contribution in [0.15, 0.2) is 18.2 Å². The summed E-state index contributed by atoms with van der Waals surface area (Å²) < 4.78 is 4.95. The number of carbonyl (C=O) groups excluding carboxylic acids is 1. The Morgan fingerprint density at radius 2 is 2.13 bits per heavy atom. The molecule has 0 aliphatic heterocycles. The van der Waals surface area contributed by atoms with Crippen molar-refractivity contribution in [2.24, 2.45) is 0 Å². The lowest BCUT2D eigenvalue weighted by Crippen LogP contribution is -2.08. The van der Waals surface area contributed by atoms with Crippen molar-refractivity contribution in [2.45, 2.75) is 19.8 Å². The minimum Gasteiger partial charge on any atom is -0.465 e. The summed E-state index contributed by atoms with van der Waals surface area (Å²) in [5.41, 5.74) is 0.699. The molecule has 82 valence electrons. The summed E-state index contributed by atoms with van der Waals surface area (Å²) in [6.45, 7) is 2.39. The zero-order chi connectivity index (χ0) is 11.3. The van der Waals surface area contributed by atoms with Crippen LogP contribution in [0, 0.1) is 0 Å². The maximum Gasteiger partial charge on any atom is 0.310 e. The number of esters is 1. The number of hydrogen-bond donors (Lipinski definition) is 0. The first-order valence-electron chi connectivity index (χ1n) is 4.73. The van der Waals surface area contributed by atoms with Crippen molar-refractivity contribution in [3.8, 4) is 0 Å². The van der Waals surface area contributed by atoms with Gasteiger partial charge in [-0.15, -0.1) is 0 Å². The topological polar surface area (TPSA) is 26.3 Å². The van der Waals surface area contributed by atoms with Gasteiger partial charge in [-0.05, 0) is 18.1 Å². The molecule has 2 nitrogen and oxygen atoms in total. The zero-order valence-corrected chi connectivity index (χ0v) is 9.94. The highest BCUT2D eigenvalue weighted by molar-refractivity contribution is 6.42. The van der Waals surface area contributed by atoms with Crippen LogP contribution in [0.3, 0.4) is 0 Å². The van der Waals surface area contributed by atoms with Crippen LogP contribution < -0.4 is 0 Å². The Morgan fingerprint density at radius 3 is 2.80 bits per heavy atom. The summed E-state index contributed by atoms with van der Waals surface area (Å²) in [4.78, 5) is 11.3. The third-order valence-corrected chi connectivity index (χ3v) is 2.69. The van der Waals surface area contributed by atoms with Gasteiger partial charge in [-0.25, -0.2) is 0 Å². The van der Waals surface area contributed by atoms with Gasteiger partial charge in [-0.1, -0.05) is 42.3 Å². The van der Waals surface area contributed by atoms with Crippen LogP contribution in [0.2, 0.25) is 10.0 Å². The van der Waals surface area contributed by atoms with Crippen molar-refractivity contribution < 1.29 is 9.53 Å². The van der Waals surface area contributed by atoms with Crippen molar-refractivity contribution in [3.63, 3.8) is 0 Å². The molecule has 0 atom stereocenters. The lowest BCUT2D eigenvalue weighted by Gasteiger charge is -2.05. The highest BCUT2D eigenvalue weighted by atomic mass is 35.5. The smallest absolute Gasteiger partial charge is 0.310 e. The predicted molar refractivity (Wildman–Crippen MR) is 61.4 cm³/mol. The van der Waals surface area contributed by atoms with Crippen LogP contribution in [0.5, 0.6) is 0 Å². The quantitative estimate of drug-likeness (QED) is 0.761. The molecule has 0 aromatic heterocycles. The van der Waals surface area contributed by atoms with Gasteiger partial charge in [-0.2, -0.15) is 0 Å². The number of benzene rings is 1. The second-order valence-corrected chi connectivity index (χ2v) is 3.90. The van der Waals surface area contributed by atoms with E-state index in [2.05, 4.69) is 0 Å². The van der Waals surface area contributed by atoms with Gasteiger partial charge in [0.2, 0.25) is 0 Å². The van der Waals surface area contributed by atoms with E-state index in [1.54, 1.807) is 18.2 Å². The SMILES string of the molecule is CCCOC(=O)Cc1cccc(Cl)c1Cl. The monoisotopic (exact) mass is 246 g/mol. The summed E-state index contributed by atoms with van der Waals surface area (Å²) >= 11 is 11.7. The van der Waals surface area contributed by atoms with Crippen LogP contribution in [0.25, 0.3) is 0 Å². The number of rotatable bonds is 4. The Morgan fingerprint density at radius 1 is 1.40 bits per heavy atom. The van der Waals surface area contributed by atoms with Crippen molar-refractivity contribution in [2.75, 3.05) is 6.61 Å². The Kier molecular flexibility index (Phi) is 4.92. The highest BCUT2D eigenvalue weighted by Crippen LogP contribution is 2.25. The van der Waals surface area contributed by atoms with Crippen LogP contribution in [0.4, 0.5) is 0 Å². The Balaban J connectivity index is 2.64. The standard InChI is InChI=1S/C11H12Cl2O2/c1-2-6-15-10(14)7-8-4-3-5-9(12)11(8)13/h3-5H,2,6-7H2,1H3. The van der Waals surface area contributed by atoms with Gasteiger partial charge in [0.05, 0.1) is 23.1 Å². The van der Waals surface area contributed by atoms with E-state index in [0.29, 0.717) is 22.2 Å². The molecule has 0 N–H and O–H groups in total. The summed E-state index contributed by atoms with van der Waals surface area (Å²) in [7, 11) is 0. The van der Waals surface area contributed by atoms with E-state index < -0.39 is 0 Å². The van der Waals surface area contributed by atoms with Gasteiger partial charge >= 0.3 is 5.97 Å².